The first kappa shape index (κ1) is 26.4. The molecule has 37 heavy (non-hydrogen) atoms. The Hall–Kier alpha value is -3.69. The molecule has 1 N–H and O–H groups in total. The molecule has 1 heterocycles. The molecule has 2 amide bonds. The molecule has 1 saturated heterocycles. The minimum atomic E-state index is -0.394. The van der Waals surface area contributed by atoms with Gasteiger partial charge in [-0.3, -0.25) is 14.5 Å². The minimum Gasteiger partial charge on any atom is -0.490 e. The topological polar surface area (TPSA) is 67.9 Å². The van der Waals surface area contributed by atoms with Gasteiger partial charge in [-0.15, -0.1) is 0 Å². The van der Waals surface area contributed by atoms with Crippen molar-refractivity contribution < 1.29 is 23.5 Å². The van der Waals surface area contributed by atoms with Crippen molar-refractivity contribution in [2.24, 2.45) is 0 Å². The predicted molar refractivity (Wildman–Crippen MR) is 148 cm³/mol. The molecule has 0 aliphatic carbocycles. The van der Waals surface area contributed by atoms with Crippen LogP contribution in [0, 0.1) is 5.82 Å². The number of nitrogens with zero attached hydrogens (tertiary/aromatic N) is 1. The molecule has 0 aromatic heterocycles. The number of carbonyl (C=O) groups excluding carboxylic acids is 2. The molecule has 3 aromatic carbocycles. The fourth-order valence-electron chi connectivity index (χ4n) is 3.72. The summed E-state index contributed by atoms with van der Waals surface area (Å²) in [7, 11) is 0. The molecule has 1 fully saturated rings. The number of thioether (sulfide) groups is 1. The van der Waals surface area contributed by atoms with Crippen molar-refractivity contribution in [1.29, 1.82) is 0 Å². The highest BCUT2D eigenvalue weighted by Crippen LogP contribution is 2.39. The second-order valence-corrected chi connectivity index (χ2v) is 9.80. The first-order valence-electron chi connectivity index (χ1n) is 11.6. The van der Waals surface area contributed by atoms with Gasteiger partial charge < -0.3 is 14.8 Å². The van der Waals surface area contributed by atoms with Gasteiger partial charge in [-0.25, -0.2) is 4.39 Å². The van der Waals surface area contributed by atoms with Gasteiger partial charge >= 0.3 is 0 Å². The minimum absolute atomic E-state index is 0.151. The van der Waals surface area contributed by atoms with E-state index in [1.807, 2.05) is 44.2 Å². The number of ether oxygens (including phenoxy) is 2. The molecule has 0 spiro atoms. The molecular weight excluding hydrogens is 511 g/mol. The third kappa shape index (κ3) is 6.55. The number of hydrogen-bond acceptors (Lipinski definition) is 6. The summed E-state index contributed by atoms with van der Waals surface area (Å²) in [4.78, 5) is 27.6. The molecule has 1 atom stereocenters. The summed E-state index contributed by atoms with van der Waals surface area (Å²) >= 11 is 6.77. The zero-order valence-corrected chi connectivity index (χ0v) is 21.9. The van der Waals surface area contributed by atoms with E-state index in [1.165, 1.54) is 36.0 Å². The summed E-state index contributed by atoms with van der Waals surface area (Å²) in [5, 5.41) is 2.65. The van der Waals surface area contributed by atoms with Crippen molar-refractivity contribution in [1.82, 2.24) is 4.90 Å². The Kier molecular flexibility index (Phi) is 8.58. The van der Waals surface area contributed by atoms with E-state index >= 15 is 0 Å². The third-order valence-electron chi connectivity index (χ3n) is 5.54. The van der Waals surface area contributed by atoms with Gasteiger partial charge in [-0.05, 0) is 67.4 Å². The van der Waals surface area contributed by atoms with Gasteiger partial charge in [0.25, 0.3) is 11.8 Å². The van der Waals surface area contributed by atoms with Crippen molar-refractivity contribution in [3.63, 3.8) is 0 Å². The molecule has 190 valence electrons. The van der Waals surface area contributed by atoms with Crippen LogP contribution in [0.4, 0.5) is 10.1 Å². The van der Waals surface area contributed by atoms with Crippen LogP contribution in [0.2, 0.25) is 0 Å². The van der Waals surface area contributed by atoms with Gasteiger partial charge in [0.05, 0.1) is 17.6 Å². The van der Waals surface area contributed by atoms with Crippen LogP contribution in [0.5, 0.6) is 11.5 Å². The van der Waals surface area contributed by atoms with Crippen LogP contribution in [0.15, 0.2) is 77.7 Å². The lowest BCUT2D eigenvalue weighted by Crippen LogP contribution is -2.30. The lowest BCUT2D eigenvalue weighted by molar-refractivity contribution is -0.123. The van der Waals surface area contributed by atoms with E-state index in [0.717, 1.165) is 11.1 Å². The van der Waals surface area contributed by atoms with E-state index in [-0.39, 0.29) is 24.4 Å². The molecule has 3 aromatic rings. The molecule has 6 nitrogen and oxygen atoms in total. The maximum atomic E-state index is 13.2. The number of halogens is 1. The van der Waals surface area contributed by atoms with Gasteiger partial charge in [-0.2, -0.15) is 0 Å². The number of benzene rings is 3. The van der Waals surface area contributed by atoms with E-state index < -0.39 is 5.91 Å². The predicted octanol–water partition coefficient (Wildman–Crippen LogP) is 6.20. The number of rotatable bonds is 9. The highest BCUT2D eigenvalue weighted by Gasteiger charge is 2.35. The normalized spacial score (nSPS) is 15.1. The van der Waals surface area contributed by atoms with Crippen LogP contribution in [-0.2, 0) is 9.59 Å². The van der Waals surface area contributed by atoms with Crippen molar-refractivity contribution in [3.8, 4) is 11.5 Å². The van der Waals surface area contributed by atoms with Gasteiger partial charge in [0.1, 0.15) is 10.1 Å². The van der Waals surface area contributed by atoms with Crippen molar-refractivity contribution >= 4 is 51.9 Å². The highest BCUT2D eigenvalue weighted by atomic mass is 32.2. The zero-order chi connectivity index (χ0) is 26.4. The monoisotopic (exact) mass is 536 g/mol. The fourth-order valence-corrected chi connectivity index (χ4v) is 5.14. The lowest BCUT2D eigenvalue weighted by atomic mass is 10.1. The summed E-state index contributed by atoms with van der Waals surface area (Å²) in [5.74, 6) is -0.0995. The Morgan fingerprint density at radius 1 is 1.08 bits per heavy atom. The first-order chi connectivity index (χ1) is 17.9. The van der Waals surface area contributed by atoms with Crippen LogP contribution in [0.1, 0.15) is 31.0 Å². The molecule has 0 bridgehead atoms. The molecule has 9 heteroatoms. The van der Waals surface area contributed by atoms with E-state index in [9.17, 15) is 14.0 Å². The molecule has 1 aliphatic heterocycles. The largest absolute Gasteiger partial charge is 0.490 e. The maximum Gasteiger partial charge on any atom is 0.266 e. The molecular formula is C28H25FN2O4S2. The summed E-state index contributed by atoms with van der Waals surface area (Å²) in [5.41, 5.74) is 2.21. The van der Waals surface area contributed by atoms with E-state index in [2.05, 4.69) is 5.32 Å². The molecule has 0 unspecified atom stereocenters. The standard InChI is InChI=1S/C28H25FN2O4S2/c1-3-34-24-15-19(9-14-23(24)35-17-26(32)30-22-12-10-21(29)11-13-22)16-25-27(33)31(28(36)37-25)18(2)20-7-5-4-6-8-20/h4-16,18H,3,17H2,1-2H3,(H,30,32)/b25-16-/t18-/m1/s1. The van der Waals surface area contributed by atoms with E-state index in [0.29, 0.717) is 33.0 Å². The first-order valence-corrected chi connectivity index (χ1v) is 12.8. The Morgan fingerprint density at radius 2 is 1.81 bits per heavy atom. The van der Waals surface area contributed by atoms with Crippen LogP contribution in [0.25, 0.3) is 6.08 Å². The average molecular weight is 537 g/mol. The Morgan fingerprint density at radius 3 is 2.51 bits per heavy atom. The number of amides is 2. The smallest absolute Gasteiger partial charge is 0.266 e. The van der Waals surface area contributed by atoms with Gasteiger partial charge in [0, 0.05) is 5.69 Å². The summed E-state index contributed by atoms with van der Waals surface area (Å²) < 4.78 is 24.9. The average Bonchev–Trinajstić information content (AvgIpc) is 3.17. The maximum absolute atomic E-state index is 13.2. The lowest BCUT2D eigenvalue weighted by Gasteiger charge is -2.23. The van der Waals surface area contributed by atoms with Crippen LogP contribution >= 0.6 is 24.0 Å². The van der Waals surface area contributed by atoms with Crippen LogP contribution in [0.3, 0.4) is 0 Å². The van der Waals surface area contributed by atoms with Gasteiger partial charge in [-0.1, -0.05) is 60.4 Å². The molecule has 1 aliphatic rings. The molecule has 4 rings (SSSR count). The SMILES string of the molecule is CCOc1cc(/C=C2\SC(=S)N([C@H](C)c3ccccc3)C2=O)ccc1OCC(=O)Nc1ccc(F)cc1. The highest BCUT2D eigenvalue weighted by molar-refractivity contribution is 8.26. The Balaban J connectivity index is 1.46. The number of hydrogen-bond donors (Lipinski definition) is 1. The zero-order valence-electron chi connectivity index (χ0n) is 20.3. The second-order valence-electron chi connectivity index (χ2n) is 8.12. The van der Waals surface area contributed by atoms with Crippen molar-refractivity contribution in [2.45, 2.75) is 19.9 Å². The number of anilines is 1. The van der Waals surface area contributed by atoms with Crippen molar-refractivity contribution in [2.75, 3.05) is 18.5 Å². The summed E-state index contributed by atoms with van der Waals surface area (Å²) in [6, 6.07) is 20.2. The van der Waals surface area contributed by atoms with Crippen molar-refractivity contribution in [3.05, 3.63) is 94.6 Å². The number of thiocarbonyl (C=S) groups is 1. The molecule has 0 saturated carbocycles. The second kappa shape index (κ2) is 12.0. The van der Waals surface area contributed by atoms with E-state index in [4.69, 9.17) is 21.7 Å². The van der Waals surface area contributed by atoms with Crippen LogP contribution < -0.4 is 14.8 Å². The third-order valence-corrected chi connectivity index (χ3v) is 6.88. The Bertz CT molecular complexity index is 1330. The number of nitrogens with one attached hydrogen (secondary N) is 1. The van der Waals surface area contributed by atoms with Gasteiger partial charge in [0.2, 0.25) is 0 Å². The summed E-state index contributed by atoms with van der Waals surface area (Å²) in [6.07, 6.45) is 1.77. The quantitative estimate of drug-likeness (QED) is 0.259. The van der Waals surface area contributed by atoms with Crippen LogP contribution in [-0.4, -0.2) is 34.2 Å². The van der Waals surface area contributed by atoms with Gasteiger partial charge in [0.15, 0.2) is 18.1 Å². The van der Waals surface area contributed by atoms with E-state index in [1.54, 1.807) is 29.2 Å². The number of carbonyl (C=O) groups is 2. The Labute approximate surface area is 224 Å². The molecule has 0 radical (unpaired) electrons. The fraction of sp³-hybridized carbons (Fsp3) is 0.179. The summed E-state index contributed by atoms with van der Waals surface area (Å²) in [6.45, 7) is 3.92.